The maximum atomic E-state index is 2.49. The summed E-state index contributed by atoms with van der Waals surface area (Å²) in [6.45, 7) is 16.9. The summed E-state index contributed by atoms with van der Waals surface area (Å²) in [6.07, 6.45) is 24.6. The zero-order valence-corrected chi connectivity index (χ0v) is 21.9. The minimum atomic E-state index is 0.878. The molecule has 4 unspecified atom stereocenters. The summed E-state index contributed by atoms with van der Waals surface area (Å²) in [5, 5.41) is 0. The quantitative estimate of drug-likeness (QED) is 0.166. The van der Waals surface area contributed by atoms with Gasteiger partial charge in [0.15, 0.2) is 0 Å². The molecule has 0 aromatic carbocycles. The summed E-state index contributed by atoms with van der Waals surface area (Å²) in [6, 6.07) is 0. The smallest absolute Gasteiger partial charge is 0.0443 e. The van der Waals surface area contributed by atoms with Crippen molar-refractivity contribution < 1.29 is 0 Å². The Kier molecular flexibility index (Phi) is 19.9. The molecule has 0 fully saturated rings. The minimum absolute atomic E-state index is 0.878. The molecule has 0 aromatic rings. The van der Waals surface area contributed by atoms with Crippen LogP contribution in [0.2, 0.25) is 0 Å². The maximum absolute atomic E-state index is 2.49. The second-order valence-electron chi connectivity index (χ2n) is 11.4. The van der Waals surface area contributed by atoms with Crippen molar-refractivity contribution in [3.8, 4) is 0 Å². The molecule has 176 valence electrons. The van der Waals surface area contributed by atoms with Gasteiger partial charge in [0.05, 0.1) is 0 Å². The summed E-state index contributed by atoms with van der Waals surface area (Å²) in [4.78, 5) is 0. The van der Waals surface area contributed by atoms with E-state index >= 15 is 0 Å². The lowest BCUT2D eigenvalue weighted by Gasteiger charge is -2.16. The summed E-state index contributed by atoms with van der Waals surface area (Å²) in [5.41, 5.74) is 0. The first kappa shape index (κ1) is 29.0. The first-order valence-electron chi connectivity index (χ1n) is 13.8. The number of hydrogen-bond donors (Lipinski definition) is 0. The zero-order valence-electron chi connectivity index (χ0n) is 21.9. The molecule has 0 spiro atoms. The van der Waals surface area contributed by atoms with E-state index in [0.29, 0.717) is 0 Å². The van der Waals surface area contributed by atoms with Gasteiger partial charge in [-0.05, 0) is 29.6 Å². The highest BCUT2D eigenvalue weighted by Gasteiger charge is 2.09. The fourth-order valence-electron chi connectivity index (χ4n) is 4.81. The van der Waals surface area contributed by atoms with Crippen LogP contribution < -0.4 is 0 Å². The van der Waals surface area contributed by atoms with E-state index < -0.39 is 0 Å². The van der Waals surface area contributed by atoms with E-state index in [-0.39, 0.29) is 0 Å². The van der Waals surface area contributed by atoms with Crippen LogP contribution in [0, 0.1) is 29.6 Å². The van der Waals surface area contributed by atoms with Crippen LogP contribution in [-0.2, 0) is 0 Å². The van der Waals surface area contributed by atoms with Crippen LogP contribution in [-0.4, -0.2) is 0 Å². The van der Waals surface area contributed by atoms with Gasteiger partial charge in [-0.15, -0.1) is 0 Å². The molecule has 0 amide bonds. The average molecular weight is 409 g/mol. The van der Waals surface area contributed by atoms with Gasteiger partial charge in [0.1, 0.15) is 0 Å². The Morgan fingerprint density at radius 3 is 0.931 bits per heavy atom. The molecule has 0 aliphatic heterocycles. The van der Waals surface area contributed by atoms with E-state index in [4.69, 9.17) is 0 Å². The maximum Gasteiger partial charge on any atom is -0.0443 e. The van der Waals surface area contributed by atoms with Gasteiger partial charge in [0, 0.05) is 0 Å². The predicted octanol–water partition coefficient (Wildman–Crippen LogP) is 10.8. The van der Waals surface area contributed by atoms with Crippen molar-refractivity contribution in [1.29, 1.82) is 0 Å². The van der Waals surface area contributed by atoms with Crippen LogP contribution in [0.25, 0.3) is 0 Å². The van der Waals surface area contributed by atoms with Crippen molar-refractivity contribution in [2.75, 3.05) is 0 Å². The summed E-state index contributed by atoms with van der Waals surface area (Å²) in [7, 11) is 0. The monoisotopic (exact) mass is 408 g/mol. The Labute approximate surface area is 187 Å². The first-order chi connectivity index (χ1) is 13.8. The van der Waals surface area contributed by atoms with E-state index in [9.17, 15) is 0 Å². The van der Waals surface area contributed by atoms with E-state index in [1.54, 1.807) is 0 Å². The fraction of sp³-hybridized carbons (Fsp3) is 1.00. The molecule has 0 bridgehead atoms. The lowest BCUT2D eigenvalue weighted by atomic mass is 9.90. The molecule has 0 radical (unpaired) electrons. The van der Waals surface area contributed by atoms with Gasteiger partial charge in [0.2, 0.25) is 0 Å². The molecule has 0 saturated carbocycles. The summed E-state index contributed by atoms with van der Waals surface area (Å²) >= 11 is 0. The zero-order chi connectivity index (χ0) is 21.9. The van der Waals surface area contributed by atoms with E-state index in [0.717, 1.165) is 29.6 Å². The van der Waals surface area contributed by atoms with Crippen LogP contribution in [0.3, 0.4) is 0 Å². The van der Waals surface area contributed by atoms with Crippen LogP contribution in [0.1, 0.15) is 158 Å². The van der Waals surface area contributed by atoms with E-state index in [1.165, 1.54) is 109 Å². The Bertz CT molecular complexity index is 318. The van der Waals surface area contributed by atoms with Crippen LogP contribution >= 0.6 is 0 Å². The number of hydrogen-bond acceptors (Lipinski definition) is 0. The molecule has 0 aliphatic rings. The third kappa shape index (κ3) is 21.0. The molecule has 0 heteroatoms. The van der Waals surface area contributed by atoms with Gasteiger partial charge >= 0.3 is 0 Å². The van der Waals surface area contributed by atoms with E-state index in [2.05, 4.69) is 48.5 Å². The van der Waals surface area contributed by atoms with Crippen molar-refractivity contribution >= 4 is 0 Å². The highest BCUT2D eigenvalue weighted by atomic mass is 14.1. The third-order valence-corrected chi connectivity index (χ3v) is 7.21. The van der Waals surface area contributed by atoms with Crippen molar-refractivity contribution in [3.63, 3.8) is 0 Å². The van der Waals surface area contributed by atoms with Crippen LogP contribution in [0.4, 0.5) is 0 Å². The molecular formula is C29H60. The lowest BCUT2D eigenvalue weighted by molar-refractivity contribution is 0.367. The highest BCUT2D eigenvalue weighted by molar-refractivity contribution is 4.62. The second-order valence-corrected chi connectivity index (χ2v) is 11.4. The van der Waals surface area contributed by atoms with Crippen molar-refractivity contribution in [3.05, 3.63) is 0 Å². The van der Waals surface area contributed by atoms with Gasteiger partial charge in [-0.25, -0.2) is 0 Å². The normalized spacial score (nSPS) is 16.1. The highest BCUT2D eigenvalue weighted by Crippen LogP contribution is 2.24. The Balaban J connectivity index is 3.52. The Morgan fingerprint density at radius 1 is 0.345 bits per heavy atom. The molecule has 0 aliphatic carbocycles. The lowest BCUT2D eigenvalue weighted by Crippen LogP contribution is -2.02. The number of rotatable bonds is 21. The largest absolute Gasteiger partial charge is 0.0654 e. The number of unbranched alkanes of at least 4 members (excludes halogenated alkanes) is 3. The Hall–Kier alpha value is 0. The molecule has 0 nitrogen and oxygen atoms in total. The summed E-state index contributed by atoms with van der Waals surface area (Å²) in [5.74, 6) is 4.65. The summed E-state index contributed by atoms with van der Waals surface area (Å²) < 4.78 is 0. The molecule has 29 heavy (non-hydrogen) atoms. The van der Waals surface area contributed by atoms with Crippen molar-refractivity contribution in [2.24, 2.45) is 29.6 Å². The van der Waals surface area contributed by atoms with Crippen LogP contribution in [0.15, 0.2) is 0 Å². The van der Waals surface area contributed by atoms with Gasteiger partial charge in [-0.3, -0.25) is 0 Å². The van der Waals surface area contributed by atoms with Gasteiger partial charge < -0.3 is 0 Å². The third-order valence-electron chi connectivity index (χ3n) is 7.21. The van der Waals surface area contributed by atoms with Gasteiger partial charge in [-0.1, -0.05) is 158 Å². The average Bonchev–Trinajstić information content (AvgIpc) is 2.65. The SMILES string of the molecule is CCCCCC(C)CCCCC(C)CCCC(C)CCCC(C)CCCC(C)C. The molecule has 0 aromatic heterocycles. The molecule has 0 N–H and O–H groups in total. The molecular weight excluding hydrogens is 348 g/mol. The van der Waals surface area contributed by atoms with E-state index in [1.807, 2.05) is 0 Å². The van der Waals surface area contributed by atoms with Gasteiger partial charge in [-0.2, -0.15) is 0 Å². The second kappa shape index (κ2) is 19.9. The first-order valence-corrected chi connectivity index (χ1v) is 13.8. The fourth-order valence-corrected chi connectivity index (χ4v) is 4.81. The minimum Gasteiger partial charge on any atom is -0.0654 e. The topological polar surface area (TPSA) is 0 Å². The standard InChI is InChI=1S/C29H60/c1-8-9-10-17-26(4)18-11-12-19-27(5)21-14-23-29(7)24-15-22-28(6)20-13-16-25(2)3/h25-29H,8-24H2,1-7H3. The van der Waals surface area contributed by atoms with Gasteiger partial charge in [0.25, 0.3) is 0 Å². The van der Waals surface area contributed by atoms with Crippen molar-refractivity contribution in [2.45, 2.75) is 158 Å². The molecule has 0 heterocycles. The molecule has 0 saturated heterocycles. The van der Waals surface area contributed by atoms with Crippen LogP contribution in [0.5, 0.6) is 0 Å². The molecule has 0 rings (SSSR count). The Morgan fingerprint density at radius 2 is 0.621 bits per heavy atom. The predicted molar refractivity (Wildman–Crippen MR) is 136 cm³/mol. The van der Waals surface area contributed by atoms with Crippen molar-refractivity contribution in [1.82, 2.24) is 0 Å². The molecule has 4 atom stereocenters.